The van der Waals surface area contributed by atoms with Gasteiger partial charge < -0.3 is 25.7 Å². The van der Waals surface area contributed by atoms with E-state index in [9.17, 15) is 25.2 Å². The summed E-state index contributed by atoms with van der Waals surface area (Å²) in [7, 11) is 0. The maximum Gasteiger partial charge on any atom is 0.201 e. The Hall–Kier alpha value is -1.79. The summed E-state index contributed by atoms with van der Waals surface area (Å²) in [6.45, 7) is 2.23. The molecule has 0 aromatic carbocycles. The number of aliphatic hydroxyl groups excluding tert-OH is 4. The van der Waals surface area contributed by atoms with Crippen LogP contribution >= 0.6 is 0 Å². The van der Waals surface area contributed by atoms with Crippen LogP contribution in [-0.4, -0.2) is 44.5 Å². The van der Waals surface area contributed by atoms with Gasteiger partial charge in [-0.3, -0.25) is 4.79 Å². The number of hydrogen-bond donors (Lipinski definition) is 5. The van der Waals surface area contributed by atoms with Crippen LogP contribution in [0.1, 0.15) is 84.0 Å². The number of nitrogens with one attached hydrogen (secondary N) is 1. The Kier molecular flexibility index (Phi) is 9.74. The molecule has 0 spiro atoms. The van der Waals surface area contributed by atoms with E-state index in [2.05, 4.69) is 12.2 Å². The third-order valence-electron chi connectivity index (χ3n) is 5.76. The maximum atomic E-state index is 12.2. The largest absolute Gasteiger partial charge is 0.509 e. The van der Waals surface area contributed by atoms with E-state index < -0.39 is 12.2 Å². The Morgan fingerprint density at radius 2 is 1.55 bits per heavy atom. The van der Waals surface area contributed by atoms with Gasteiger partial charge in [0, 0.05) is 18.0 Å². The first kappa shape index (κ1) is 23.5. The van der Waals surface area contributed by atoms with Gasteiger partial charge in [-0.1, -0.05) is 71.1 Å². The molecule has 1 heterocycles. The third-order valence-corrected chi connectivity index (χ3v) is 5.76. The molecule has 0 aromatic heterocycles. The minimum absolute atomic E-state index is 0.0807. The molecule has 2 rings (SSSR count). The van der Waals surface area contributed by atoms with Gasteiger partial charge in [0.1, 0.15) is 18.0 Å². The summed E-state index contributed by atoms with van der Waals surface area (Å²) in [5.41, 5.74) is 0.537. The molecule has 0 bridgehead atoms. The van der Waals surface area contributed by atoms with Crippen molar-refractivity contribution in [1.29, 1.82) is 0 Å². The van der Waals surface area contributed by atoms with E-state index in [0.29, 0.717) is 5.57 Å². The second-order valence-electron chi connectivity index (χ2n) is 8.29. The molecule has 6 heteroatoms. The number of carbonyl (C=O) groups is 1. The molecule has 3 atom stereocenters. The van der Waals surface area contributed by atoms with Crippen LogP contribution in [0.4, 0.5) is 0 Å². The summed E-state index contributed by atoms with van der Waals surface area (Å²) >= 11 is 0. The van der Waals surface area contributed by atoms with Gasteiger partial charge >= 0.3 is 0 Å². The van der Waals surface area contributed by atoms with Crippen molar-refractivity contribution in [1.82, 2.24) is 5.32 Å². The van der Waals surface area contributed by atoms with E-state index in [1.54, 1.807) is 0 Å². The van der Waals surface area contributed by atoms with Gasteiger partial charge in [0.05, 0.1) is 5.70 Å². The molecule has 0 fully saturated rings. The van der Waals surface area contributed by atoms with Crippen LogP contribution in [0.3, 0.4) is 0 Å². The minimum atomic E-state index is -1.39. The number of Topliss-reactive ketones (excluding diaryl/α,β-unsaturated/α-hetero) is 1. The van der Waals surface area contributed by atoms with Gasteiger partial charge in [0.25, 0.3) is 0 Å². The molecule has 1 aliphatic heterocycles. The minimum Gasteiger partial charge on any atom is -0.509 e. The first-order valence-corrected chi connectivity index (χ1v) is 11.2. The average Bonchev–Trinajstić information content (AvgIpc) is 2.69. The number of aliphatic hydroxyl groups is 4. The number of allylic oxidation sites excluding steroid dienone is 2. The second-order valence-corrected chi connectivity index (χ2v) is 8.29. The molecule has 0 saturated carbocycles. The molecule has 0 amide bonds. The normalized spacial score (nSPS) is 24.9. The summed E-state index contributed by atoms with van der Waals surface area (Å²) in [5, 5.41) is 42.6. The lowest BCUT2D eigenvalue weighted by Crippen LogP contribution is -2.39. The van der Waals surface area contributed by atoms with Crippen LogP contribution in [0.2, 0.25) is 0 Å². The van der Waals surface area contributed by atoms with Gasteiger partial charge in [-0.2, -0.15) is 0 Å². The van der Waals surface area contributed by atoms with Gasteiger partial charge in [0.15, 0.2) is 5.76 Å². The fourth-order valence-corrected chi connectivity index (χ4v) is 3.95. The van der Waals surface area contributed by atoms with Crippen molar-refractivity contribution in [2.24, 2.45) is 0 Å². The van der Waals surface area contributed by atoms with Crippen molar-refractivity contribution in [3.63, 3.8) is 0 Å². The van der Waals surface area contributed by atoms with Crippen LogP contribution in [0.5, 0.6) is 0 Å². The smallest absolute Gasteiger partial charge is 0.201 e. The lowest BCUT2D eigenvalue weighted by Gasteiger charge is -2.29. The Morgan fingerprint density at radius 3 is 2.14 bits per heavy atom. The first-order valence-electron chi connectivity index (χ1n) is 11.2. The highest BCUT2D eigenvalue weighted by Crippen LogP contribution is 2.27. The summed E-state index contributed by atoms with van der Waals surface area (Å²) in [6.07, 6.45) is 13.5. The molecule has 0 aromatic rings. The van der Waals surface area contributed by atoms with Crippen LogP contribution < -0.4 is 5.32 Å². The van der Waals surface area contributed by atoms with E-state index in [1.807, 2.05) is 0 Å². The number of carbonyl (C=O) groups excluding carboxylic acids is 1. The maximum absolute atomic E-state index is 12.2. The monoisotopic (exact) mass is 407 g/mol. The molecule has 1 aliphatic carbocycles. The Balaban J connectivity index is 1.75. The standard InChI is InChI=1S/C23H37NO5/c1-2-3-4-5-6-7-8-9-10-11-12-17-15-20(27)23(29)21(24-17)16-13-18(25)22(28)19(26)14-16/h13-14,17-18,22,24-26,28-29H,2-12,15H2,1H3. The first-order chi connectivity index (χ1) is 13.9. The van der Waals surface area contributed by atoms with Gasteiger partial charge in [-0.25, -0.2) is 0 Å². The molecule has 0 radical (unpaired) electrons. The van der Waals surface area contributed by atoms with Crippen LogP contribution in [-0.2, 0) is 4.79 Å². The zero-order chi connectivity index (χ0) is 21.2. The Bertz CT molecular complexity index is 637. The van der Waals surface area contributed by atoms with E-state index in [4.69, 9.17) is 0 Å². The third kappa shape index (κ3) is 7.19. The van der Waals surface area contributed by atoms with Gasteiger partial charge in [-0.15, -0.1) is 0 Å². The Labute approximate surface area is 174 Å². The fourth-order valence-electron chi connectivity index (χ4n) is 3.95. The lowest BCUT2D eigenvalue weighted by molar-refractivity contribution is -0.119. The highest BCUT2D eigenvalue weighted by atomic mass is 16.4. The van der Waals surface area contributed by atoms with Crippen molar-refractivity contribution in [2.75, 3.05) is 0 Å². The number of rotatable bonds is 12. The SMILES string of the molecule is CCCCCCCCCCCCC1CC(=O)C(O)=C(C2=CC(O)C(O)C(O)=C2)N1. The van der Waals surface area contributed by atoms with E-state index in [1.165, 1.54) is 63.5 Å². The van der Waals surface area contributed by atoms with Crippen molar-refractivity contribution < 1.29 is 25.2 Å². The molecule has 6 nitrogen and oxygen atoms in total. The quantitative estimate of drug-likeness (QED) is 0.312. The molecule has 5 N–H and O–H groups in total. The molecule has 0 saturated heterocycles. The summed E-state index contributed by atoms with van der Waals surface area (Å²) < 4.78 is 0. The van der Waals surface area contributed by atoms with Crippen molar-refractivity contribution in [3.05, 3.63) is 34.9 Å². The van der Waals surface area contributed by atoms with Crippen molar-refractivity contribution in [3.8, 4) is 0 Å². The topological polar surface area (TPSA) is 110 Å². The van der Waals surface area contributed by atoms with Crippen LogP contribution in [0.15, 0.2) is 34.9 Å². The molecular weight excluding hydrogens is 370 g/mol. The van der Waals surface area contributed by atoms with Crippen molar-refractivity contribution in [2.45, 2.75) is 102 Å². The van der Waals surface area contributed by atoms with Gasteiger partial charge in [-0.05, 0) is 18.6 Å². The lowest BCUT2D eigenvalue weighted by atomic mass is 9.92. The van der Waals surface area contributed by atoms with E-state index in [-0.39, 0.29) is 35.5 Å². The Morgan fingerprint density at radius 1 is 0.966 bits per heavy atom. The predicted octanol–water partition coefficient (Wildman–Crippen LogP) is 4.10. The fraction of sp³-hybridized carbons (Fsp3) is 0.696. The number of ketones is 1. The predicted molar refractivity (Wildman–Crippen MR) is 113 cm³/mol. The van der Waals surface area contributed by atoms with E-state index >= 15 is 0 Å². The van der Waals surface area contributed by atoms with Crippen LogP contribution in [0.25, 0.3) is 0 Å². The second kappa shape index (κ2) is 12.0. The highest BCUT2D eigenvalue weighted by Gasteiger charge is 2.31. The summed E-state index contributed by atoms with van der Waals surface area (Å²) in [6, 6.07) is -0.0807. The zero-order valence-corrected chi connectivity index (χ0v) is 17.6. The highest BCUT2D eigenvalue weighted by molar-refractivity contribution is 5.96. The zero-order valence-electron chi connectivity index (χ0n) is 17.6. The number of hydrogen-bond acceptors (Lipinski definition) is 6. The molecule has 29 heavy (non-hydrogen) atoms. The molecule has 164 valence electrons. The molecular formula is C23H37NO5. The summed E-state index contributed by atoms with van der Waals surface area (Å²) in [4.78, 5) is 12.2. The molecule has 3 unspecified atom stereocenters. The molecule has 2 aliphatic rings. The van der Waals surface area contributed by atoms with Crippen molar-refractivity contribution >= 4 is 5.78 Å². The van der Waals surface area contributed by atoms with Gasteiger partial charge in [0.2, 0.25) is 5.78 Å². The summed E-state index contributed by atoms with van der Waals surface area (Å²) in [5.74, 6) is -1.12. The van der Waals surface area contributed by atoms with E-state index in [0.717, 1.165) is 19.3 Å². The average molecular weight is 408 g/mol. The van der Waals surface area contributed by atoms with Crippen LogP contribution in [0, 0.1) is 0 Å². The number of unbranched alkanes of at least 4 members (excludes halogenated alkanes) is 9.